The number of rotatable bonds is 5. The molecule has 0 fully saturated rings. The van der Waals surface area contributed by atoms with Crippen LogP contribution in [0.5, 0.6) is 0 Å². The van der Waals surface area contributed by atoms with Crippen molar-refractivity contribution in [2.24, 2.45) is 0 Å². The van der Waals surface area contributed by atoms with Gasteiger partial charge in [-0.3, -0.25) is 4.98 Å². The molecule has 10 aromatic rings. The zero-order valence-corrected chi connectivity index (χ0v) is 30.9. The van der Waals surface area contributed by atoms with Gasteiger partial charge in [0.25, 0.3) is 0 Å². The second kappa shape index (κ2) is 12.5. The predicted octanol–water partition coefficient (Wildman–Crippen LogP) is 13.5. The highest BCUT2D eigenvalue weighted by atomic mass is 15.0. The molecule has 0 aliphatic heterocycles. The van der Waals surface area contributed by atoms with Gasteiger partial charge in [0, 0.05) is 44.7 Å². The van der Waals surface area contributed by atoms with Crippen LogP contribution in [0.15, 0.2) is 164 Å². The maximum Gasteiger partial charge on any atom is 0.0740 e. The lowest BCUT2D eigenvalue weighted by Crippen LogP contribution is -2.01. The zero-order chi connectivity index (χ0) is 36.5. The maximum atomic E-state index is 5.05. The van der Waals surface area contributed by atoms with Crippen molar-refractivity contribution in [3.05, 3.63) is 186 Å². The van der Waals surface area contributed by atoms with E-state index in [1.807, 2.05) is 6.20 Å². The summed E-state index contributed by atoms with van der Waals surface area (Å²) >= 11 is 0. The number of nitrogens with zero attached hydrogens (tertiary/aromatic N) is 3. The van der Waals surface area contributed by atoms with Gasteiger partial charge in [-0.15, -0.1) is 0 Å². The fraction of sp³-hybridized carbons (Fsp3) is 0.0784. The lowest BCUT2D eigenvalue weighted by molar-refractivity contribution is 1.15. The summed E-state index contributed by atoms with van der Waals surface area (Å²) in [7, 11) is 0. The molecule has 3 heterocycles. The first-order valence-electron chi connectivity index (χ1n) is 18.7. The Bertz CT molecular complexity index is 2780. The first-order valence-corrected chi connectivity index (χ1v) is 18.7. The van der Waals surface area contributed by atoms with E-state index in [1.165, 1.54) is 99.5 Å². The van der Waals surface area contributed by atoms with Crippen LogP contribution < -0.4 is 0 Å². The Morgan fingerprint density at radius 2 is 0.667 bits per heavy atom. The van der Waals surface area contributed by atoms with Gasteiger partial charge in [0.1, 0.15) is 0 Å². The van der Waals surface area contributed by atoms with Gasteiger partial charge in [-0.05, 0) is 115 Å². The third-order valence-corrected chi connectivity index (χ3v) is 11.6. The van der Waals surface area contributed by atoms with Crippen molar-refractivity contribution in [2.75, 3.05) is 0 Å². The summed E-state index contributed by atoms with van der Waals surface area (Å²) in [6.45, 7) is 8.99. The fourth-order valence-electron chi connectivity index (χ4n) is 8.96. The molecule has 7 aromatic carbocycles. The first-order chi connectivity index (χ1) is 26.5. The van der Waals surface area contributed by atoms with Crippen LogP contribution in [-0.4, -0.2) is 14.1 Å². The molecule has 0 unspecified atom stereocenters. The molecular weight excluding hydrogens is 655 g/mol. The van der Waals surface area contributed by atoms with Gasteiger partial charge in [0.2, 0.25) is 0 Å². The summed E-state index contributed by atoms with van der Waals surface area (Å²) in [6, 6.07) is 57.2. The van der Waals surface area contributed by atoms with Gasteiger partial charge >= 0.3 is 0 Å². The van der Waals surface area contributed by atoms with Gasteiger partial charge in [-0.25, -0.2) is 0 Å². The molecular formula is C51H39N3. The molecule has 54 heavy (non-hydrogen) atoms. The second-order valence-corrected chi connectivity index (χ2v) is 14.4. The molecule has 0 atom stereocenters. The summed E-state index contributed by atoms with van der Waals surface area (Å²) in [5.41, 5.74) is 19.2. The lowest BCUT2D eigenvalue weighted by Gasteiger charge is -2.20. The van der Waals surface area contributed by atoms with E-state index in [-0.39, 0.29) is 0 Å². The molecule has 0 N–H and O–H groups in total. The molecule has 0 saturated heterocycles. The molecule has 0 radical (unpaired) electrons. The molecule has 0 aliphatic rings. The summed E-state index contributed by atoms with van der Waals surface area (Å²) < 4.78 is 4.85. The third-order valence-electron chi connectivity index (χ3n) is 11.6. The number of hydrogen-bond acceptors (Lipinski definition) is 1. The van der Waals surface area contributed by atoms with E-state index in [0.717, 1.165) is 11.3 Å². The van der Waals surface area contributed by atoms with E-state index >= 15 is 0 Å². The normalized spacial score (nSPS) is 11.7. The van der Waals surface area contributed by atoms with E-state index in [2.05, 4.69) is 195 Å². The van der Waals surface area contributed by atoms with E-state index in [1.54, 1.807) is 0 Å². The fourth-order valence-corrected chi connectivity index (χ4v) is 8.96. The standard InChI is InChI=1S/C51H39N3/c1-32-36(37-21-14-28-45(33(37)2)53-47-24-9-5-16-41(47)42-17-6-10-25-48(42)53)20-13-23-40(32)51-35(4)39(30-31-52-51)38-22-15-29-46(34(38)3)54-49-26-11-7-18-43(49)44-19-8-12-27-50(44)54/h5-31H,1-4H3. The zero-order valence-electron chi connectivity index (χ0n) is 30.9. The quantitative estimate of drug-likeness (QED) is 0.176. The third kappa shape index (κ3) is 4.71. The Hall–Kier alpha value is -6.71. The molecule has 258 valence electrons. The SMILES string of the molecule is Cc1c(-c2cccc(-n3c4ccccc4c4ccccc43)c2C)cccc1-c1nccc(-c2cccc(-n3c4ccccc4c4ccccc43)c2C)c1C. The molecule has 3 aromatic heterocycles. The molecule has 0 amide bonds. The van der Waals surface area contributed by atoms with Crippen LogP contribution in [0.2, 0.25) is 0 Å². The Morgan fingerprint density at radius 1 is 0.315 bits per heavy atom. The molecule has 10 rings (SSSR count). The highest BCUT2D eigenvalue weighted by Gasteiger charge is 2.20. The summed E-state index contributed by atoms with van der Waals surface area (Å²) in [5.74, 6) is 0. The van der Waals surface area contributed by atoms with Gasteiger partial charge in [-0.2, -0.15) is 0 Å². The smallest absolute Gasteiger partial charge is 0.0740 e. The Labute approximate surface area is 315 Å². The summed E-state index contributed by atoms with van der Waals surface area (Å²) in [6.07, 6.45) is 1.98. The van der Waals surface area contributed by atoms with E-state index in [0.29, 0.717) is 0 Å². The van der Waals surface area contributed by atoms with Crippen molar-refractivity contribution in [3.8, 4) is 44.9 Å². The number of fused-ring (bicyclic) bond motifs is 6. The number of benzene rings is 7. The van der Waals surface area contributed by atoms with Crippen LogP contribution in [-0.2, 0) is 0 Å². The molecule has 0 aliphatic carbocycles. The largest absolute Gasteiger partial charge is 0.309 e. The van der Waals surface area contributed by atoms with Gasteiger partial charge < -0.3 is 9.13 Å². The van der Waals surface area contributed by atoms with Crippen LogP contribution >= 0.6 is 0 Å². The van der Waals surface area contributed by atoms with Crippen molar-refractivity contribution in [1.82, 2.24) is 14.1 Å². The number of pyridine rings is 1. The van der Waals surface area contributed by atoms with Gasteiger partial charge in [-0.1, -0.05) is 115 Å². The average Bonchev–Trinajstić information content (AvgIpc) is 3.72. The van der Waals surface area contributed by atoms with Crippen LogP contribution in [0.4, 0.5) is 0 Å². The molecule has 3 nitrogen and oxygen atoms in total. The van der Waals surface area contributed by atoms with Crippen molar-refractivity contribution < 1.29 is 0 Å². The average molecular weight is 694 g/mol. The van der Waals surface area contributed by atoms with Crippen LogP contribution in [0, 0.1) is 27.7 Å². The van der Waals surface area contributed by atoms with Crippen LogP contribution in [0.3, 0.4) is 0 Å². The number of para-hydroxylation sites is 4. The highest BCUT2D eigenvalue weighted by molar-refractivity contribution is 6.10. The Morgan fingerprint density at radius 3 is 1.11 bits per heavy atom. The van der Waals surface area contributed by atoms with E-state index in [9.17, 15) is 0 Å². The van der Waals surface area contributed by atoms with Crippen molar-refractivity contribution in [1.29, 1.82) is 0 Å². The highest BCUT2D eigenvalue weighted by Crippen LogP contribution is 2.41. The molecule has 0 saturated carbocycles. The van der Waals surface area contributed by atoms with Crippen molar-refractivity contribution >= 4 is 43.6 Å². The monoisotopic (exact) mass is 693 g/mol. The topological polar surface area (TPSA) is 22.8 Å². The van der Waals surface area contributed by atoms with Gasteiger partial charge in [0.05, 0.1) is 27.8 Å². The minimum absolute atomic E-state index is 1.02. The lowest BCUT2D eigenvalue weighted by atomic mass is 9.89. The Kier molecular flexibility index (Phi) is 7.38. The maximum absolute atomic E-state index is 5.05. The summed E-state index contributed by atoms with van der Waals surface area (Å²) in [4.78, 5) is 5.05. The predicted molar refractivity (Wildman–Crippen MR) is 228 cm³/mol. The molecule has 3 heteroatoms. The minimum Gasteiger partial charge on any atom is -0.309 e. The van der Waals surface area contributed by atoms with Crippen LogP contribution in [0.1, 0.15) is 22.3 Å². The first kappa shape index (κ1) is 32.0. The number of aromatic nitrogens is 3. The van der Waals surface area contributed by atoms with Crippen molar-refractivity contribution in [3.63, 3.8) is 0 Å². The van der Waals surface area contributed by atoms with E-state index < -0.39 is 0 Å². The van der Waals surface area contributed by atoms with Crippen molar-refractivity contribution in [2.45, 2.75) is 27.7 Å². The van der Waals surface area contributed by atoms with Gasteiger partial charge in [0.15, 0.2) is 0 Å². The molecule has 0 spiro atoms. The second-order valence-electron chi connectivity index (χ2n) is 14.4. The molecule has 0 bridgehead atoms. The minimum atomic E-state index is 1.02. The summed E-state index contributed by atoms with van der Waals surface area (Å²) in [5, 5.41) is 5.08. The Balaban J connectivity index is 1.10. The van der Waals surface area contributed by atoms with Crippen LogP contribution in [0.25, 0.3) is 88.5 Å². The van der Waals surface area contributed by atoms with E-state index in [4.69, 9.17) is 4.98 Å². The number of hydrogen-bond donors (Lipinski definition) is 0.